The first kappa shape index (κ1) is 22.2. The van der Waals surface area contributed by atoms with Gasteiger partial charge in [0, 0.05) is 18.2 Å². The SMILES string of the molecule is CCCc1n[nH]c(=S)n1CC(=O)NNC(=O)c1cn(-c2ccccc2)nc1-c1ccccc1. The highest BCUT2D eigenvalue weighted by atomic mass is 32.1. The Morgan fingerprint density at radius 1 is 1.03 bits per heavy atom. The average molecular weight is 462 g/mol. The summed E-state index contributed by atoms with van der Waals surface area (Å²) < 4.78 is 3.61. The van der Waals surface area contributed by atoms with Gasteiger partial charge < -0.3 is 0 Å². The number of carbonyl (C=O) groups excluding carboxylic acids is 2. The maximum absolute atomic E-state index is 13.0. The highest BCUT2D eigenvalue weighted by molar-refractivity contribution is 7.71. The van der Waals surface area contributed by atoms with Gasteiger partial charge in [0.1, 0.15) is 18.1 Å². The number of amides is 2. The van der Waals surface area contributed by atoms with E-state index < -0.39 is 11.8 Å². The van der Waals surface area contributed by atoms with Crippen LogP contribution in [0.5, 0.6) is 0 Å². The van der Waals surface area contributed by atoms with Gasteiger partial charge in [-0.3, -0.25) is 30.1 Å². The van der Waals surface area contributed by atoms with Crippen LogP contribution < -0.4 is 10.9 Å². The maximum atomic E-state index is 13.0. The van der Waals surface area contributed by atoms with Crippen molar-refractivity contribution in [3.8, 4) is 16.9 Å². The number of hydrogen-bond acceptors (Lipinski definition) is 5. The fraction of sp³-hybridized carbons (Fsp3) is 0.174. The number of carbonyl (C=O) groups is 2. The summed E-state index contributed by atoms with van der Waals surface area (Å²) in [5.74, 6) is -0.205. The van der Waals surface area contributed by atoms with Crippen LogP contribution in [-0.2, 0) is 17.8 Å². The zero-order valence-corrected chi connectivity index (χ0v) is 18.8. The minimum absolute atomic E-state index is 0.0558. The lowest BCUT2D eigenvalue weighted by Gasteiger charge is -2.09. The van der Waals surface area contributed by atoms with Crippen LogP contribution in [0.15, 0.2) is 66.9 Å². The first-order valence-corrected chi connectivity index (χ1v) is 10.9. The highest BCUT2D eigenvalue weighted by Gasteiger charge is 2.19. The Balaban J connectivity index is 1.53. The molecule has 2 aromatic carbocycles. The molecular formula is C23H23N7O2S. The van der Waals surface area contributed by atoms with Gasteiger partial charge in [-0.2, -0.15) is 10.2 Å². The van der Waals surface area contributed by atoms with Crippen molar-refractivity contribution in [1.29, 1.82) is 0 Å². The van der Waals surface area contributed by atoms with E-state index in [0.29, 0.717) is 28.3 Å². The van der Waals surface area contributed by atoms with Crippen molar-refractivity contribution >= 4 is 24.0 Å². The maximum Gasteiger partial charge on any atom is 0.273 e. The van der Waals surface area contributed by atoms with Gasteiger partial charge in [0.25, 0.3) is 11.8 Å². The number of H-pyrrole nitrogens is 1. The highest BCUT2D eigenvalue weighted by Crippen LogP contribution is 2.23. The Kier molecular flexibility index (Phi) is 6.75. The van der Waals surface area contributed by atoms with E-state index in [1.165, 1.54) is 0 Å². The van der Waals surface area contributed by atoms with Gasteiger partial charge in [0.05, 0.1) is 11.3 Å². The Labute approximate surface area is 195 Å². The van der Waals surface area contributed by atoms with Gasteiger partial charge in [-0.05, 0) is 30.8 Å². The third-order valence-electron chi connectivity index (χ3n) is 4.95. The van der Waals surface area contributed by atoms with Crippen molar-refractivity contribution in [3.63, 3.8) is 0 Å². The van der Waals surface area contributed by atoms with Crippen LogP contribution >= 0.6 is 12.2 Å². The molecule has 10 heteroatoms. The number of hydrogen-bond donors (Lipinski definition) is 3. The molecule has 0 saturated heterocycles. The summed E-state index contributed by atoms with van der Waals surface area (Å²) in [6.45, 7) is 1.96. The number of nitrogens with one attached hydrogen (secondary N) is 3. The van der Waals surface area contributed by atoms with Gasteiger partial charge in [-0.15, -0.1) is 0 Å². The predicted molar refractivity (Wildman–Crippen MR) is 126 cm³/mol. The molecule has 0 aliphatic carbocycles. The topological polar surface area (TPSA) is 110 Å². The van der Waals surface area contributed by atoms with Crippen molar-refractivity contribution in [2.24, 2.45) is 0 Å². The van der Waals surface area contributed by atoms with Crippen LogP contribution in [0.25, 0.3) is 16.9 Å². The van der Waals surface area contributed by atoms with Gasteiger partial charge in [0.2, 0.25) is 0 Å². The standard InChI is InChI=1S/C23H23N7O2S/c1-2-9-19-24-27-23(33)29(19)15-20(31)25-26-22(32)18-14-30(17-12-7-4-8-13-17)28-21(18)16-10-5-3-6-11-16/h3-8,10-14H,2,9,15H2,1H3,(H,25,31)(H,26,32)(H,27,33). The lowest BCUT2D eigenvalue weighted by molar-refractivity contribution is -0.122. The zero-order chi connectivity index (χ0) is 23.2. The summed E-state index contributed by atoms with van der Waals surface area (Å²) in [6, 6.07) is 18.9. The van der Waals surface area contributed by atoms with E-state index >= 15 is 0 Å². The van der Waals surface area contributed by atoms with Gasteiger partial charge in [0.15, 0.2) is 4.77 Å². The molecule has 0 bridgehead atoms. The molecule has 4 aromatic rings. The van der Waals surface area contributed by atoms with Gasteiger partial charge in [-0.1, -0.05) is 55.5 Å². The Hall–Kier alpha value is -4.05. The molecule has 0 spiro atoms. The van der Waals surface area contributed by atoms with E-state index in [1.807, 2.05) is 67.6 Å². The largest absolute Gasteiger partial charge is 0.295 e. The minimum atomic E-state index is -0.478. The molecule has 0 aliphatic rings. The minimum Gasteiger partial charge on any atom is -0.295 e. The zero-order valence-electron chi connectivity index (χ0n) is 18.0. The van der Waals surface area contributed by atoms with Crippen LogP contribution in [0, 0.1) is 4.77 Å². The van der Waals surface area contributed by atoms with E-state index in [9.17, 15) is 9.59 Å². The molecule has 0 unspecified atom stereocenters. The van der Waals surface area contributed by atoms with Crippen LogP contribution in [0.1, 0.15) is 29.5 Å². The summed E-state index contributed by atoms with van der Waals surface area (Å²) >= 11 is 5.20. The number of aromatic amines is 1. The molecule has 168 valence electrons. The first-order chi connectivity index (χ1) is 16.1. The quantitative estimate of drug-likeness (QED) is 0.289. The summed E-state index contributed by atoms with van der Waals surface area (Å²) in [4.78, 5) is 25.5. The lowest BCUT2D eigenvalue weighted by atomic mass is 10.1. The number of para-hydroxylation sites is 1. The molecule has 4 rings (SSSR count). The molecule has 2 aromatic heterocycles. The number of nitrogens with zero attached hydrogens (tertiary/aromatic N) is 4. The second kappa shape index (κ2) is 10.0. The third kappa shape index (κ3) is 5.07. The third-order valence-corrected chi connectivity index (χ3v) is 5.27. The van der Waals surface area contributed by atoms with E-state index in [0.717, 1.165) is 17.7 Å². The number of aryl methyl sites for hydroxylation is 1. The Morgan fingerprint density at radius 3 is 2.42 bits per heavy atom. The second-order valence-electron chi connectivity index (χ2n) is 7.32. The summed E-state index contributed by atoms with van der Waals surface area (Å²) in [6.07, 6.45) is 3.20. The Morgan fingerprint density at radius 2 is 1.73 bits per heavy atom. The predicted octanol–water partition coefficient (Wildman–Crippen LogP) is 3.21. The summed E-state index contributed by atoms with van der Waals surface area (Å²) in [5.41, 5.74) is 7.39. The van der Waals surface area contributed by atoms with Crippen LogP contribution in [0.2, 0.25) is 0 Å². The van der Waals surface area contributed by atoms with Crippen molar-refractivity contribution < 1.29 is 9.59 Å². The molecule has 0 aliphatic heterocycles. The van der Waals surface area contributed by atoms with E-state index in [4.69, 9.17) is 12.2 Å². The first-order valence-electron chi connectivity index (χ1n) is 10.5. The Bertz CT molecular complexity index is 1310. The second-order valence-corrected chi connectivity index (χ2v) is 7.71. The lowest BCUT2D eigenvalue weighted by Crippen LogP contribution is -2.43. The molecule has 0 fully saturated rings. The molecule has 0 saturated carbocycles. The van der Waals surface area contributed by atoms with E-state index in [2.05, 4.69) is 26.1 Å². The molecule has 33 heavy (non-hydrogen) atoms. The van der Waals surface area contributed by atoms with Crippen LogP contribution in [0.3, 0.4) is 0 Å². The molecular weight excluding hydrogens is 438 g/mol. The van der Waals surface area contributed by atoms with Crippen LogP contribution in [-0.4, -0.2) is 36.4 Å². The number of benzene rings is 2. The molecule has 0 atom stereocenters. The van der Waals surface area contributed by atoms with Crippen molar-refractivity contribution in [3.05, 3.63) is 83.0 Å². The molecule has 0 radical (unpaired) electrons. The average Bonchev–Trinajstić information content (AvgIpc) is 3.44. The molecule has 9 nitrogen and oxygen atoms in total. The van der Waals surface area contributed by atoms with E-state index in [-0.39, 0.29) is 6.54 Å². The van der Waals surface area contributed by atoms with Crippen molar-refractivity contribution in [2.75, 3.05) is 0 Å². The molecule has 3 N–H and O–H groups in total. The summed E-state index contributed by atoms with van der Waals surface area (Å²) in [7, 11) is 0. The van der Waals surface area contributed by atoms with Crippen molar-refractivity contribution in [2.45, 2.75) is 26.3 Å². The fourth-order valence-electron chi connectivity index (χ4n) is 3.37. The normalized spacial score (nSPS) is 10.7. The van der Waals surface area contributed by atoms with Crippen molar-refractivity contribution in [1.82, 2.24) is 35.4 Å². The smallest absolute Gasteiger partial charge is 0.273 e. The fourth-order valence-corrected chi connectivity index (χ4v) is 3.58. The van der Waals surface area contributed by atoms with E-state index in [1.54, 1.807) is 15.4 Å². The summed E-state index contributed by atoms with van der Waals surface area (Å²) in [5, 5.41) is 11.5. The van der Waals surface area contributed by atoms with Gasteiger partial charge in [-0.25, -0.2) is 4.68 Å². The van der Waals surface area contributed by atoms with Crippen LogP contribution in [0.4, 0.5) is 0 Å². The number of rotatable bonds is 7. The molecule has 2 amide bonds. The number of hydrazine groups is 1. The monoisotopic (exact) mass is 461 g/mol. The van der Waals surface area contributed by atoms with Gasteiger partial charge >= 0.3 is 0 Å². The number of aromatic nitrogens is 5. The molecule has 2 heterocycles.